The fourth-order valence-electron chi connectivity index (χ4n) is 2.78. The van der Waals surface area contributed by atoms with Gasteiger partial charge >= 0.3 is 12.2 Å². The highest BCUT2D eigenvalue weighted by Crippen LogP contribution is 2.30. The molecule has 0 saturated heterocycles. The van der Waals surface area contributed by atoms with Crippen LogP contribution < -0.4 is 10.6 Å². The Morgan fingerprint density at radius 3 is 2.50 bits per heavy atom. The summed E-state index contributed by atoms with van der Waals surface area (Å²) in [5, 5.41) is 4.74. The predicted octanol–water partition coefficient (Wildman–Crippen LogP) is 5.75. The van der Waals surface area contributed by atoms with Crippen LogP contribution in [-0.4, -0.2) is 44.6 Å². The van der Waals surface area contributed by atoms with E-state index in [4.69, 9.17) is 39.5 Å². The zero-order valence-corrected chi connectivity index (χ0v) is 20.0. The maximum Gasteiger partial charge on any atom is 0.412 e. The van der Waals surface area contributed by atoms with Gasteiger partial charge in [0.05, 0.1) is 18.5 Å². The van der Waals surface area contributed by atoms with Gasteiger partial charge in [-0.25, -0.2) is 28.9 Å². The number of anilines is 2. The molecule has 2 amide bonds. The van der Waals surface area contributed by atoms with E-state index in [0.29, 0.717) is 28.2 Å². The average molecular weight is 529 g/mol. The highest BCUT2D eigenvalue weighted by Gasteiger charge is 2.23. The van der Waals surface area contributed by atoms with Crippen molar-refractivity contribution in [2.75, 3.05) is 24.4 Å². The highest BCUT2D eigenvalue weighted by atomic mass is 35.6. The first kappa shape index (κ1) is 25.4. The van der Waals surface area contributed by atoms with Crippen LogP contribution in [0.4, 0.5) is 25.5 Å². The number of amides is 2. The number of carbonyl (C=O) groups is 2. The van der Waals surface area contributed by atoms with Crippen molar-refractivity contribution in [3.63, 3.8) is 0 Å². The van der Waals surface area contributed by atoms with Crippen LogP contribution in [0.2, 0.25) is 0 Å². The lowest BCUT2D eigenvalue weighted by Gasteiger charge is -2.14. The predicted molar refractivity (Wildman–Crippen MR) is 127 cm³/mol. The number of halogens is 4. The van der Waals surface area contributed by atoms with Crippen molar-refractivity contribution in [3.05, 3.63) is 54.1 Å². The molecular weight excluding hydrogens is 512 g/mol. The number of aryl methyl sites for hydroxylation is 1. The number of nitrogens with zero attached hydrogens (tertiary/aromatic N) is 3. The zero-order valence-electron chi connectivity index (χ0n) is 17.7. The molecule has 0 fully saturated rings. The first-order chi connectivity index (χ1) is 16.1. The Balaban J connectivity index is 1.89. The molecule has 0 bridgehead atoms. The molecule has 9 nitrogen and oxygen atoms in total. The first-order valence-electron chi connectivity index (χ1n) is 9.51. The second-order valence-corrected chi connectivity index (χ2v) is 9.29. The normalized spacial score (nSPS) is 11.0. The van der Waals surface area contributed by atoms with E-state index in [2.05, 4.69) is 30.3 Å². The summed E-state index contributed by atoms with van der Waals surface area (Å²) in [6, 6.07) is 7.51. The van der Waals surface area contributed by atoms with E-state index in [1.54, 1.807) is 25.1 Å². The molecule has 13 heteroatoms. The summed E-state index contributed by atoms with van der Waals surface area (Å²) >= 11 is 16.7. The van der Waals surface area contributed by atoms with Crippen LogP contribution in [0.1, 0.15) is 5.56 Å². The van der Waals surface area contributed by atoms with Crippen molar-refractivity contribution >= 4 is 58.5 Å². The van der Waals surface area contributed by atoms with E-state index < -0.39 is 28.4 Å². The van der Waals surface area contributed by atoms with Gasteiger partial charge in [0.1, 0.15) is 18.2 Å². The van der Waals surface area contributed by atoms with Crippen LogP contribution in [0.3, 0.4) is 0 Å². The third kappa shape index (κ3) is 6.89. The van der Waals surface area contributed by atoms with Crippen LogP contribution in [-0.2, 0) is 9.47 Å². The molecule has 2 aromatic heterocycles. The number of rotatable bonds is 5. The minimum atomic E-state index is -1.80. The lowest BCUT2D eigenvalue weighted by Crippen LogP contribution is -2.21. The molecule has 1 aromatic carbocycles. The Hall–Kier alpha value is -3.21. The topological polar surface area (TPSA) is 115 Å². The number of nitrogens with one attached hydrogen (secondary N) is 2. The Labute approximate surface area is 208 Å². The molecule has 3 rings (SSSR count). The number of pyridine rings is 1. The lowest BCUT2D eigenvalue weighted by molar-refractivity contribution is 0.163. The molecule has 178 valence electrons. The molecule has 0 unspecified atom stereocenters. The Kier molecular flexibility index (Phi) is 8.08. The van der Waals surface area contributed by atoms with E-state index in [0.717, 1.165) is 0 Å². The fraction of sp³-hybridized carbons (Fsp3) is 0.190. The van der Waals surface area contributed by atoms with E-state index >= 15 is 0 Å². The van der Waals surface area contributed by atoms with Gasteiger partial charge in [-0.05, 0) is 42.8 Å². The van der Waals surface area contributed by atoms with E-state index in [1.807, 2.05) is 0 Å². The smallest absolute Gasteiger partial charge is 0.412 e. The monoisotopic (exact) mass is 527 g/mol. The fourth-order valence-corrected chi connectivity index (χ4v) is 2.94. The number of methoxy groups -OCH3 is 1. The van der Waals surface area contributed by atoms with Gasteiger partial charge in [-0.15, -0.1) is 0 Å². The largest absolute Gasteiger partial charge is 0.453 e. The molecule has 3 aromatic rings. The number of aromatic nitrogens is 3. The van der Waals surface area contributed by atoms with Crippen molar-refractivity contribution in [1.29, 1.82) is 0 Å². The number of benzene rings is 1. The highest BCUT2D eigenvalue weighted by molar-refractivity contribution is 6.67. The molecule has 2 heterocycles. The Bertz CT molecular complexity index is 1220. The summed E-state index contributed by atoms with van der Waals surface area (Å²) in [5.41, 5.74) is 1.97. The third-order valence-electron chi connectivity index (χ3n) is 4.28. The van der Waals surface area contributed by atoms with Gasteiger partial charge in [0.2, 0.25) is 3.79 Å². The van der Waals surface area contributed by atoms with Crippen molar-refractivity contribution in [2.24, 2.45) is 0 Å². The first-order valence-corrected chi connectivity index (χ1v) is 10.6. The number of ether oxygens (including phenoxy) is 2. The summed E-state index contributed by atoms with van der Waals surface area (Å²) in [4.78, 5) is 36.2. The second-order valence-electron chi connectivity index (χ2n) is 6.78. The molecule has 0 aliphatic carbocycles. The third-order valence-corrected chi connectivity index (χ3v) is 4.61. The second kappa shape index (κ2) is 10.8. The minimum absolute atomic E-state index is 0.149. The lowest BCUT2D eigenvalue weighted by atomic mass is 10.0. The van der Waals surface area contributed by atoms with Gasteiger partial charge in [-0.2, -0.15) is 0 Å². The summed E-state index contributed by atoms with van der Waals surface area (Å²) in [5.74, 6) is -0.113. The number of hydrogen-bond donors (Lipinski definition) is 2. The van der Waals surface area contributed by atoms with E-state index in [-0.39, 0.29) is 11.5 Å². The van der Waals surface area contributed by atoms with Crippen LogP contribution in [0.5, 0.6) is 0 Å². The van der Waals surface area contributed by atoms with Gasteiger partial charge < -0.3 is 9.47 Å². The van der Waals surface area contributed by atoms with Gasteiger partial charge in [0.25, 0.3) is 0 Å². The van der Waals surface area contributed by atoms with Crippen LogP contribution in [0.25, 0.3) is 22.6 Å². The average Bonchev–Trinajstić information content (AvgIpc) is 2.79. The summed E-state index contributed by atoms with van der Waals surface area (Å²) in [7, 11) is 1.24. The maximum absolute atomic E-state index is 14.5. The minimum Gasteiger partial charge on any atom is -0.453 e. The number of hydrogen-bond acceptors (Lipinski definition) is 7. The number of carbonyl (C=O) groups excluding carboxylic acids is 2. The molecule has 34 heavy (non-hydrogen) atoms. The molecule has 2 N–H and O–H groups in total. The van der Waals surface area contributed by atoms with Crippen LogP contribution in [0.15, 0.2) is 42.7 Å². The van der Waals surface area contributed by atoms with Crippen molar-refractivity contribution in [3.8, 4) is 22.6 Å². The van der Waals surface area contributed by atoms with Gasteiger partial charge in [-0.1, -0.05) is 34.8 Å². The number of alkyl halides is 3. The summed E-state index contributed by atoms with van der Waals surface area (Å²) in [6.07, 6.45) is 1.33. The van der Waals surface area contributed by atoms with Gasteiger partial charge in [-0.3, -0.25) is 10.6 Å². The summed E-state index contributed by atoms with van der Waals surface area (Å²) < 4.78 is 22.0. The molecular formula is C21H17Cl3FN5O4. The van der Waals surface area contributed by atoms with Crippen LogP contribution >= 0.6 is 34.8 Å². The van der Waals surface area contributed by atoms with Crippen molar-refractivity contribution in [1.82, 2.24) is 15.0 Å². The van der Waals surface area contributed by atoms with Crippen molar-refractivity contribution < 1.29 is 23.5 Å². The molecule has 0 saturated carbocycles. The molecule has 0 atom stereocenters. The molecule has 0 spiro atoms. The van der Waals surface area contributed by atoms with Crippen molar-refractivity contribution in [2.45, 2.75) is 10.7 Å². The van der Waals surface area contributed by atoms with E-state index in [1.165, 1.54) is 31.6 Å². The summed E-state index contributed by atoms with van der Waals surface area (Å²) in [6.45, 7) is 1.17. The molecule has 0 aliphatic rings. The molecule has 0 aliphatic heterocycles. The van der Waals surface area contributed by atoms with Gasteiger partial charge in [0, 0.05) is 23.5 Å². The Morgan fingerprint density at radius 1 is 1.06 bits per heavy atom. The van der Waals surface area contributed by atoms with E-state index in [9.17, 15) is 14.0 Å². The molecule has 0 radical (unpaired) electrons. The Morgan fingerprint density at radius 2 is 1.79 bits per heavy atom. The zero-order chi connectivity index (χ0) is 24.9. The quantitative estimate of drug-likeness (QED) is 0.405. The standard InChI is InChI=1S/C21H17Cl3FN5O4/c1-11-7-14(25)16(29-20(32)34-10-21(22,23)24)9-13(11)15-4-6-27-18(28-15)12-3-5-26-17(8-12)30-19(31)33-2/h3-9H,10H2,1-2H3,(H,29,32)(H,26,30,31). The van der Waals surface area contributed by atoms with Gasteiger partial charge in [0.15, 0.2) is 5.82 Å². The maximum atomic E-state index is 14.5. The van der Waals surface area contributed by atoms with Crippen LogP contribution in [0, 0.1) is 12.7 Å². The SMILES string of the molecule is COC(=O)Nc1cc(-c2nccc(-c3cc(NC(=O)OCC(Cl)(Cl)Cl)c(F)cc3C)n2)ccn1.